The van der Waals surface area contributed by atoms with Crippen molar-refractivity contribution in [2.75, 3.05) is 27.7 Å². The highest BCUT2D eigenvalue weighted by Gasteiger charge is 2.49. The number of cyclic esters (lactones) is 1. The van der Waals surface area contributed by atoms with Crippen LogP contribution in [0.4, 0.5) is 0 Å². The summed E-state index contributed by atoms with van der Waals surface area (Å²) in [6.07, 6.45) is -5.65. The molecule has 2 aliphatic heterocycles. The number of carbonyl (C=O) groups is 1. The normalized spacial score (nSPS) is 48.4. The summed E-state index contributed by atoms with van der Waals surface area (Å²) in [4.78, 5) is 17.4. The number of carbonyl (C=O) groups excluding carboxylic acids is 1. The fraction of sp³-hybridized carbons (Fsp3) is 0.967. The van der Waals surface area contributed by atoms with Crippen molar-refractivity contribution < 1.29 is 44.5 Å². The second kappa shape index (κ2) is 14.3. The minimum Gasteiger partial charge on any atom is -0.459 e. The van der Waals surface area contributed by atoms with Gasteiger partial charge in [0.2, 0.25) is 0 Å². The highest BCUT2D eigenvalue weighted by molar-refractivity contribution is 5.73. The van der Waals surface area contributed by atoms with Gasteiger partial charge in [-0.1, -0.05) is 20.8 Å². The molecule has 41 heavy (non-hydrogen) atoms. The molecule has 2 aliphatic rings. The third kappa shape index (κ3) is 8.39. The molecule has 2 heterocycles. The standard InChI is InChI=1S/C30H58N2O9/c1-12-22-30(8,38)27(35)19(5)32(11)15-16(2)14-29(7,37)26(34)17(3)25(18(4)28(36)40-22)41-23-13-21(31(9)10)24(33)20(6)39-23/h16-27,33-35,37-38H,12-15H2,1-11H3/t16-,17+,18-,19-,20-,21?,22-,23+,24?,25+,26-,27-,29-,30-/m1/s1. The lowest BCUT2D eigenvalue weighted by molar-refractivity contribution is -0.269. The molecule has 0 radical (unpaired) electrons. The van der Waals surface area contributed by atoms with E-state index in [0.717, 1.165) is 0 Å². The zero-order chi connectivity index (χ0) is 31.6. The molecule has 0 aromatic carbocycles. The van der Waals surface area contributed by atoms with Crippen LogP contribution < -0.4 is 0 Å². The van der Waals surface area contributed by atoms with Crippen molar-refractivity contribution in [1.29, 1.82) is 0 Å². The van der Waals surface area contributed by atoms with Gasteiger partial charge >= 0.3 is 5.97 Å². The molecular formula is C30H58N2O9. The zero-order valence-electron chi connectivity index (χ0n) is 27.0. The van der Waals surface area contributed by atoms with Gasteiger partial charge in [0.25, 0.3) is 0 Å². The van der Waals surface area contributed by atoms with Gasteiger partial charge in [0.1, 0.15) is 17.8 Å². The Bertz CT molecular complexity index is 841. The van der Waals surface area contributed by atoms with E-state index < -0.39 is 78.0 Å². The van der Waals surface area contributed by atoms with Gasteiger partial charge < -0.3 is 49.5 Å². The van der Waals surface area contributed by atoms with Crippen molar-refractivity contribution >= 4 is 5.97 Å². The molecule has 0 spiro atoms. The first-order valence-electron chi connectivity index (χ1n) is 15.1. The van der Waals surface area contributed by atoms with Crippen LogP contribution in [0, 0.1) is 17.8 Å². The number of ether oxygens (including phenoxy) is 3. The predicted octanol–water partition coefficient (Wildman–Crippen LogP) is 0.976. The average molecular weight is 591 g/mol. The molecule has 11 nitrogen and oxygen atoms in total. The summed E-state index contributed by atoms with van der Waals surface area (Å²) in [5.41, 5.74) is -3.27. The summed E-state index contributed by atoms with van der Waals surface area (Å²) < 4.78 is 18.3. The second-order valence-corrected chi connectivity index (χ2v) is 13.6. The molecule has 2 fully saturated rings. The second-order valence-electron chi connectivity index (χ2n) is 13.6. The van der Waals surface area contributed by atoms with E-state index in [1.54, 1.807) is 41.5 Å². The third-order valence-electron chi connectivity index (χ3n) is 9.56. The monoisotopic (exact) mass is 590 g/mol. The van der Waals surface area contributed by atoms with Gasteiger partial charge in [0.15, 0.2) is 6.29 Å². The highest BCUT2D eigenvalue weighted by atomic mass is 16.7. The Balaban J connectivity index is 2.52. The Hall–Kier alpha value is -0.890. The summed E-state index contributed by atoms with van der Waals surface area (Å²) in [5.74, 6) is -2.40. The van der Waals surface area contributed by atoms with Gasteiger partial charge in [-0.25, -0.2) is 0 Å². The van der Waals surface area contributed by atoms with Crippen LogP contribution in [0.3, 0.4) is 0 Å². The van der Waals surface area contributed by atoms with Crippen LogP contribution in [-0.4, -0.2) is 135 Å². The molecule has 5 N–H and O–H groups in total. The minimum atomic E-state index is -1.74. The van der Waals surface area contributed by atoms with Crippen molar-refractivity contribution in [3.63, 3.8) is 0 Å². The van der Waals surface area contributed by atoms with Gasteiger partial charge in [-0.15, -0.1) is 0 Å². The van der Waals surface area contributed by atoms with Crippen LogP contribution in [0.25, 0.3) is 0 Å². The maximum atomic E-state index is 13.6. The van der Waals surface area contributed by atoms with Crippen LogP contribution in [-0.2, 0) is 19.0 Å². The topological polar surface area (TPSA) is 152 Å². The third-order valence-corrected chi connectivity index (χ3v) is 9.56. The Labute approximate surface area is 246 Å². The molecule has 14 atom stereocenters. The SMILES string of the molecule is CC[C@H]1OC(=O)[C@H](C)[C@@H](O[C@H]2CC(N(C)C)C(O)[C@@H](C)O2)[C@H](C)[C@@H](O)[C@](C)(O)C[C@@H](C)CN(C)[C@H](C)[C@@H](O)[C@]1(C)O. The number of hydrogen-bond donors (Lipinski definition) is 5. The van der Waals surface area contributed by atoms with Gasteiger partial charge in [0.05, 0.1) is 35.9 Å². The molecule has 0 aliphatic carbocycles. The quantitative estimate of drug-likeness (QED) is 0.298. The van der Waals surface area contributed by atoms with E-state index in [4.69, 9.17) is 14.2 Å². The van der Waals surface area contributed by atoms with Gasteiger partial charge in [-0.05, 0) is 74.5 Å². The molecule has 0 aromatic rings. The lowest BCUT2D eigenvalue weighted by Gasteiger charge is -2.44. The van der Waals surface area contributed by atoms with E-state index in [-0.39, 0.29) is 24.8 Å². The Kier molecular flexibility index (Phi) is 12.6. The lowest BCUT2D eigenvalue weighted by Crippen LogP contribution is -2.59. The smallest absolute Gasteiger partial charge is 0.311 e. The van der Waals surface area contributed by atoms with Gasteiger partial charge in [0, 0.05) is 31.0 Å². The summed E-state index contributed by atoms with van der Waals surface area (Å²) in [6, 6.07) is -0.740. The van der Waals surface area contributed by atoms with Crippen LogP contribution in [0.5, 0.6) is 0 Å². The van der Waals surface area contributed by atoms with Crippen molar-refractivity contribution in [3.05, 3.63) is 0 Å². The molecule has 11 heteroatoms. The molecular weight excluding hydrogens is 532 g/mol. The molecule has 242 valence electrons. The fourth-order valence-corrected chi connectivity index (χ4v) is 6.71. The van der Waals surface area contributed by atoms with E-state index in [9.17, 15) is 30.3 Å². The first-order valence-corrected chi connectivity index (χ1v) is 15.1. The van der Waals surface area contributed by atoms with Crippen molar-refractivity contribution in [2.24, 2.45) is 17.8 Å². The first kappa shape index (κ1) is 36.3. The number of esters is 1. The molecule has 2 rings (SSSR count). The van der Waals surface area contributed by atoms with Gasteiger partial charge in [-0.3, -0.25) is 4.79 Å². The van der Waals surface area contributed by atoms with E-state index in [0.29, 0.717) is 13.0 Å². The number of rotatable bonds is 4. The van der Waals surface area contributed by atoms with E-state index in [1.807, 2.05) is 37.9 Å². The molecule has 0 amide bonds. The predicted molar refractivity (Wildman–Crippen MR) is 155 cm³/mol. The molecule has 0 aromatic heterocycles. The van der Waals surface area contributed by atoms with Crippen molar-refractivity contribution in [1.82, 2.24) is 9.80 Å². The number of nitrogens with zero attached hydrogens (tertiary/aromatic N) is 2. The van der Waals surface area contributed by atoms with E-state index in [2.05, 4.69) is 0 Å². The Morgan fingerprint density at radius 3 is 2.17 bits per heavy atom. The number of aliphatic hydroxyl groups excluding tert-OH is 3. The summed E-state index contributed by atoms with van der Waals surface area (Å²) in [5, 5.41) is 56.3. The maximum absolute atomic E-state index is 13.6. The van der Waals surface area contributed by atoms with Crippen molar-refractivity contribution in [3.8, 4) is 0 Å². The molecule has 2 saturated heterocycles. The Morgan fingerprint density at radius 1 is 1.05 bits per heavy atom. The number of likely N-dealkylation sites (N-methyl/N-ethyl adjacent to an activating group) is 2. The lowest BCUT2D eigenvalue weighted by atomic mass is 9.78. The van der Waals surface area contributed by atoms with Crippen LogP contribution in [0.15, 0.2) is 0 Å². The van der Waals surface area contributed by atoms with Crippen molar-refractivity contribution in [2.45, 2.75) is 141 Å². The molecule has 2 unspecified atom stereocenters. The summed E-state index contributed by atoms with van der Waals surface area (Å²) in [6.45, 7) is 14.2. The number of aliphatic hydroxyl groups is 5. The number of hydrogen-bond acceptors (Lipinski definition) is 11. The average Bonchev–Trinajstić information content (AvgIpc) is 2.88. The fourth-order valence-electron chi connectivity index (χ4n) is 6.71. The van der Waals surface area contributed by atoms with Crippen LogP contribution >= 0.6 is 0 Å². The summed E-state index contributed by atoms with van der Waals surface area (Å²) >= 11 is 0. The van der Waals surface area contributed by atoms with Gasteiger partial charge in [-0.2, -0.15) is 0 Å². The van der Waals surface area contributed by atoms with Crippen LogP contribution in [0.2, 0.25) is 0 Å². The zero-order valence-corrected chi connectivity index (χ0v) is 27.0. The Morgan fingerprint density at radius 2 is 1.63 bits per heavy atom. The molecule has 0 bridgehead atoms. The van der Waals surface area contributed by atoms with E-state index in [1.165, 1.54) is 6.92 Å². The highest BCUT2D eigenvalue weighted by Crippen LogP contribution is 2.35. The van der Waals surface area contributed by atoms with Crippen LogP contribution in [0.1, 0.15) is 74.7 Å². The van der Waals surface area contributed by atoms with E-state index >= 15 is 0 Å². The largest absolute Gasteiger partial charge is 0.459 e. The first-order chi connectivity index (χ1) is 18.8. The summed E-state index contributed by atoms with van der Waals surface area (Å²) in [7, 11) is 5.55. The maximum Gasteiger partial charge on any atom is 0.311 e. The minimum absolute atomic E-state index is 0.0805. The molecule has 0 saturated carbocycles.